The van der Waals surface area contributed by atoms with Crippen molar-refractivity contribution in [3.63, 3.8) is 0 Å². The molecule has 2 aromatic heterocycles. The summed E-state index contributed by atoms with van der Waals surface area (Å²) >= 11 is 0. The minimum atomic E-state index is -1.47. The average Bonchev–Trinajstić information content (AvgIpc) is 3.26. The summed E-state index contributed by atoms with van der Waals surface area (Å²) in [5.41, 5.74) is 4.01. The van der Waals surface area contributed by atoms with E-state index in [0.29, 0.717) is 0 Å². The fourth-order valence-electron chi connectivity index (χ4n) is 5.35. The van der Waals surface area contributed by atoms with E-state index in [1.54, 1.807) is 0 Å². The Morgan fingerprint density at radius 3 is 1.35 bits per heavy atom. The van der Waals surface area contributed by atoms with Gasteiger partial charge in [-0.1, -0.05) is 85.5 Å². The van der Waals surface area contributed by atoms with Crippen LogP contribution in [0.2, 0.25) is 19.6 Å². The normalized spacial score (nSPS) is 13.0. The van der Waals surface area contributed by atoms with Crippen molar-refractivity contribution in [2.45, 2.75) is 19.6 Å². The highest BCUT2D eigenvalue weighted by Crippen LogP contribution is 2.41. The molecule has 0 aliphatic rings. The van der Waals surface area contributed by atoms with Gasteiger partial charge in [0.05, 0.1) is 24.6 Å². The lowest BCUT2D eigenvalue weighted by molar-refractivity contribution is 1.38. The quantitative estimate of drug-likeness (QED) is 0.243. The third-order valence-electron chi connectivity index (χ3n) is 6.99. The van der Waals surface area contributed by atoms with Crippen LogP contribution in [-0.4, -0.2) is 12.5 Å². The molecule has 2 heteroatoms. The number of hydrogen-bond acceptors (Lipinski definition) is 0. The molecule has 31 heavy (non-hydrogen) atoms. The van der Waals surface area contributed by atoms with Gasteiger partial charge < -0.3 is 4.40 Å². The molecule has 148 valence electrons. The number of benzene rings is 5. The highest BCUT2D eigenvalue weighted by molar-refractivity contribution is 6.89. The lowest BCUT2D eigenvalue weighted by Crippen LogP contribution is -2.37. The molecule has 0 N–H and O–H groups in total. The van der Waals surface area contributed by atoms with Gasteiger partial charge in [0.15, 0.2) is 0 Å². The molecule has 5 aromatic carbocycles. The number of rotatable bonds is 1. The van der Waals surface area contributed by atoms with Crippen molar-refractivity contribution in [2.75, 3.05) is 0 Å². The van der Waals surface area contributed by atoms with Crippen LogP contribution in [0.3, 0.4) is 0 Å². The highest BCUT2D eigenvalue weighted by Gasteiger charge is 2.23. The monoisotopic (exact) mass is 413 g/mol. The molecule has 7 rings (SSSR count). The second-order valence-electron chi connectivity index (χ2n) is 9.94. The molecular weight excluding hydrogens is 390 g/mol. The molecule has 0 radical (unpaired) electrons. The summed E-state index contributed by atoms with van der Waals surface area (Å²) in [5.74, 6) is 0. The van der Waals surface area contributed by atoms with Crippen LogP contribution in [0.5, 0.6) is 0 Å². The zero-order chi connectivity index (χ0) is 20.9. The van der Waals surface area contributed by atoms with Gasteiger partial charge in [-0.25, -0.2) is 0 Å². The lowest BCUT2D eigenvalue weighted by atomic mass is 10.0. The Morgan fingerprint density at radius 1 is 0.516 bits per heavy atom. The van der Waals surface area contributed by atoms with Crippen molar-refractivity contribution >= 4 is 72.9 Å². The zero-order valence-corrected chi connectivity index (χ0v) is 19.0. The summed E-state index contributed by atoms with van der Waals surface area (Å²) in [6.07, 6.45) is 0. The van der Waals surface area contributed by atoms with Crippen molar-refractivity contribution in [3.8, 4) is 0 Å². The van der Waals surface area contributed by atoms with Crippen LogP contribution in [0, 0.1) is 0 Å². The van der Waals surface area contributed by atoms with Crippen molar-refractivity contribution in [1.82, 2.24) is 4.40 Å². The first-order valence-electron chi connectivity index (χ1n) is 11.0. The Labute approximate surface area is 181 Å². The molecule has 0 aliphatic heterocycles. The maximum absolute atomic E-state index is 2.52. The predicted octanol–water partition coefficient (Wildman–Crippen LogP) is 7.69. The first-order valence-corrected chi connectivity index (χ1v) is 14.5. The summed E-state index contributed by atoms with van der Waals surface area (Å²) in [6.45, 7) is 7.35. The minimum Gasteiger partial charge on any atom is -0.308 e. The van der Waals surface area contributed by atoms with E-state index in [-0.39, 0.29) is 0 Å². The SMILES string of the molecule is C[Si](C)(C)c1cc2c3cc4ccccc4cc3n3c4cc5ccccc5cc4c(c1)c23. The van der Waals surface area contributed by atoms with Crippen LogP contribution < -0.4 is 5.19 Å². The number of hydrogen-bond donors (Lipinski definition) is 0. The van der Waals surface area contributed by atoms with E-state index >= 15 is 0 Å². The Bertz CT molecular complexity index is 1690. The van der Waals surface area contributed by atoms with Gasteiger partial charge in [0.2, 0.25) is 0 Å². The van der Waals surface area contributed by atoms with Gasteiger partial charge in [0, 0.05) is 21.5 Å². The summed E-state index contributed by atoms with van der Waals surface area (Å²) < 4.78 is 2.52. The van der Waals surface area contributed by atoms with E-state index in [9.17, 15) is 0 Å². The van der Waals surface area contributed by atoms with Gasteiger partial charge in [-0.2, -0.15) is 0 Å². The van der Waals surface area contributed by atoms with Gasteiger partial charge in [0.25, 0.3) is 0 Å². The largest absolute Gasteiger partial charge is 0.308 e. The number of aromatic nitrogens is 1. The predicted molar refractivity (Wildman–Crippen MR) is 139 cm³/mol. The van der Waals surface area contributed by atoms with Crippen molar-refractivity contribution in [3.05, 3.63) is 84.9 Å². The summed E-state index contributed by atoms with van der Waals surface area (Å²) in [6, 6.07) is 32.0. The molecule has 0 aliphatic carbocycles. The summed E-state index contributed by atoms with van der Waals surface area (Å²) in [4.78, 5) is 0. The number of nitrogens with zero attached hydrogens (tertiary/aromatic N) is 1. The third-order valence-corrected chi connectivity index (χ3v) is 9.01. The van der Waals surface area contributed by atoms with Crippen LogP contribution in [0.1, 0.15) is 0 Å². The van der Waals surface area contributed by atoms with Gasteiger partial charge in [-0.15, -0.1) is 0 Å². The molecule has 7 aromatic rings. The fraction of sp³-hybridized carbons (Fsp3) is 0.103. The maximum Gasteiger partial charge on any atom is 0.0776 e. The molecular formula is C29H23NSi. The van der Waals surface area contributed by atoms with Gasteiger partial charge in [-0.3, -0.25) is 0 Å². The standard InChI is InChI=1S/C29H23NSi/c1-31(2,3)22-16-25-23-12-18-8-4-6-10-20(18)14-27(23)30-28-15-21-11-7-5-9-19(21)13-24(28)26(17-22)29(25)30/h4-17H,1-3H3. The van der Waals surface area contributed by atoms with E-state index in [1.165, 1.54) is 64.8 Å². The first kappa shape index (κ1) is 17.3. The molecule has 0 unspecified atom stereocenters. The van der Waals surface area contributed by atoms with Crippen molar-refractivity contribution in [1.29, 1.82) is 0 Å². The van der Waals surface area contributed by atoms with Gasteiger partial charge >= 0.3 is 0 Å². The maximum atomic E-state index is 2.52. The van der Waals surface area contributed by atoms with Gasteiger partial charge in [0.1, 0.15) is 0 Å². The Hall–Kier alpha value is -3.36. The van der Waals surface area contributed by atoms with E-state index < -0.39 is 8.07 Å². The van der Waals surface area contributed by atoms with Crippen LogP contribution in [0.25, 0.3) is 59.6 Å². The minimum absolute atomic E-state index is 1.30. The molecule has 1 nitrogen and oxygen atoms in total. The summed E-state index contributed by atoms with van der Waals surface area (Å²) in [5, 5.41) is 12.3. The number of fused-ring (bicyclic) bond motifs is 8. The van der Waals surface area contributed by atoms with Crippen molar-refractivity contribution < 1.29 is 0 Å². The second-order valence-corrected chi connectivity index (χ2v) is 15.0. The topological polar surface area (TPSA) is 4.41 Å². The molecule has 0 atom stereocenters. The molecule has 0 saturated heterocycles. The smallest absolute Gasteiger partial charge is 0.0776 e. The molecule has 0 spiro atoms. The van der Waals surface area contributed by atoms with Crippen LogP contribution in [0.15, 0.2) is 84.9 Å². The molecule has 2 heterocycles. The summed E-state index contributed by atoms with van der Waals surface area (Å²) in [7, 11) is -1.47. The third kappa shape index (κ3) is 2.26. The van der Waals surface area contributed by atoms with Crippen LogP contribution in [0.4, 0.5) is 0 Å². The van der Waals surface area contributed by atoms with E-state index in [1.807, 2.05) is 0 Å². The fourth-order valence-corrected chi connectivity index (χ4v) is 6.50. The van der Waals surface area contributed by atoms with Crippen molar-refractivity contribution in [2.24, 2.45) is 0 Å². The molecule has 0 amide bonds. The van der Waals surface area contributed by atoms with Crippen LogP contribution in [-0.2, 0) is 0 Å². The Morgan fingerprint density at radius 2 is 0.935 bits per heavy atom. The molecule has 0 fully saturated rings. The van der Waals surface area contributed by atoms with E-state index in [0.717, 1.165) is 0 Å². The van der Waals surface area contributed by atoms with Crippen LogP contribution >= 0.6 is 0 Å². The lowest BCUT2D eigenvalue weighted by Gasteiger charge is -2.17. The van der Waals surface area contributed by atoms with E-state index in [2.05, 4.69) is 109 Å². The Kier molecular flexibility index (Phi) is 3.16. The molecule has 0 saturated carbocycles. The molecule has 0 bridgehead atoms. The highest BCUT2D eigenvalue weighted by atomic mass is 28.3. The van der Waals surface area contributed by atoms with Gasteiger partial charge in [-0.05, 0) is 45.8 Å². The Balaban J connectivity index is 1.81. The zero-order valence-electron chi connectivity index (χ0n) is 18.0. The van der Waals surface area contributed by atoms with E-state index in [4.69, 9.17) is 0 Å². The first-order chi connectivity index (χ1) is 15.0. The second kappa shape index (κ2) is 5.66. The average molecular weight is 414 g/mol.